The Bertz CT molecular complexity index is 639. The van der Waals surface area contributed by atoms with Crippen LogP contribution >= 0.6 is 0 Å². The summed E-state index contributed by atoms with van der Waals surface area (Å²) in [4.78, 5) is 8.76. The quantitative estimate of drug-likeness (QED) is 0.802. The average molecular weight is 342 g/mol. The second kappa shape index (κ2) is 8.69. The van der Waals surface area contributed by atoms with E-state index in [2.05, 4.69) is 39.5 Å². The van der Waals surface area contributed by atoms with Crippen LogP contribution in [0.5, 0.6) is 0 Å². The van der Waals surface area contributed by atoms with Crippen molar-refractivity contribution in [2.75, 3.05) is 61.6 Å². The van der Waals surface area contributed by atoms with E-state index in [9.17, 15) is 0 Å². The minimum atomic E-state index is 0.136. The van der Waals surface area contributed by atoms with E-state index in [-0.39, 0.29) is 6.61 Å². The van der Waals surface area contributed by atoms with Gasteiger partial charge in [0, 0.05) is 38.9 Å². The minimum Gasteiger partial charge on any atom is -0.395 e. The maximum absolute atomic E-state index is 8.98. The van der Waals surface area contributed by atoms with Gasteiger partial charge in [0.2, 0.25) is 0 Å². The van der Waals surface area contributed by atoms with Gasteiger partial charge in [0.15, 0.2) is 0 Å². The number of nitrogens with zero attached hydrogens (tertiary/aromatic N) is 3. The third kappa shape index (κ3) is 4.84. The van der Waals surface area contributed by atoms with Crippen LogP contribution in [0.3, 0.4) is 0 Å². The normalized spacial score (nSPS) is 14.4. The molecule has 1 fully saturated rings. The SMILES string of the molecule is CN(CCO)c1ccc(NCc2ccc(N3CCOCC3)cc2)nc1. The number of ether oxygens (including phenoxy) is 1. The molecule has 0 spiro atoms. The molecule has 6 nitrogen and oxygen atoms in total. The first-order valence-electron chi connectivity index (χ1n) is 8.70. The van der Waals surface area contributed by atoms with E-state index in [0.717, 1.165) is 44.4 Å². The van der Waals surface area contributed by atoms with Crippen LogP contribution in [0.1, 0.15) is 5.56 Å². The molecule has 134 valence electrons. The summed E-state index contributed by atoms with van der Waals surface area (Å²) in [5.41, 5.74) is 3.47. The molecule has 25 heavy (non-hydrogen) atoms. The summed E-state index contributed by atoms with van der Waals surface area (Å²) in [5, 5.41) is 12.3. The van der Waals surface area contributed by atoms with Crippen LogP contribution in [0.25, 0.3) is 0 Å². The van der Waals surface area contributed by atoms with E-state index < -0.39 is 0 Å². The lowest BCUT2D eigenvalue weighted by Gasteiger charge is -2.28. The molecule has 1 aromatic carbocycles. The van der Waals surface area contributed by atoms with Crippen molar-refractivity contribution in [3.05, 3.63) is 48.2 Å². The fourth-order valence-corrected chi connectivity index (χ4v) is 2.83. The van der Waals surface area contributed by atoms with Gasteiger partial charge in [-0.25, -0.2) is 4.98 Å². The number of hydrogen-bond donors (Lipinski definition) is 2. The summed E-state index contributed by atoms with van der Waals surface area (Å²) in [6, 6.07) is 12.6. The molecule has 0 amide bonds. The second-order valence-electron chi connectivity index (χ2n) is 6.17. The van der Waals surface area contributed by atoms with E-state index in [1.807, 2.05) is 30.3 Å². The Morgan fingerprint density at radius 1 is 1.16 bits per heavy atom. The monoisotopic (exact) mass is 342 g/mol. The van der Waals surface area contributed by atoms with Crippen molar-refractivity contribution in [3.63, 3.8) is 0 Å². The molecule has 2 heterocycles. The highest BCUT2D eigenvalue weighted by molar-refractivity contribution is 5.50. The fraction of sp³-hybridized carbons (Fsp3) is 0.421. The van der Waals surface area contributed by atoms with Crippen LogP contribution in [-0.2, 0) is 11.3 Å². The maximum atomic E-state index is 8.98. The van der Waals surface area contributed by atoms with Gasteiger partial charge in [-0.1, -0.05) is 12.1 Å². The van der Waals surface area contributed by atoms with Crippen LogP contribution in [0.4, 0.5) is 17.2 Å². The molecule has 0 saturated carbocycles. The number of rotatable bonds is 7. The first kappa shape index (κ1) is 17.5. The lowest BCUT2D eigenvalue weighted by Crippen LogP contribution is -2.36. The third-order valence-electron chi connectivity index (χ3n) is 4.41. The van der Waals surface area contributed by atoms with Crippen LogP contribution in [-0.4, -0.2) is 56.6 Å². The van der Waals surface area contributed by atoms with Gasteiger partial charge in [0.1, 0.15) is 5.82 Å². The zero-order chi connectivity index (χ0) is 17.5. The second-order valence-corrected chi connectivity index (χ2v) is 6.17. The number of aliphatic hydroxyl groups excluding tert-OH is 1. The first-order chi connectivity index (χ1) is 12.3. The Morgan fingerprint density at radius 3 is 2.56 bits per heavy atom. The summed E-state index contributed by atoms with van der Waals surface area (Å²) in [6.07, 6.45) is 1.82. The zero-order valence-electron chi connectivity index (χ0n) is 14.7. The largest absolute Gasteiger partial charge is 0.395 e. The van der Waals surface area contributed by atoms with Crippen LogP contribution < -0.4 is 15.1 Å². The number of anilines is 3. The fourth-order valence-electron chi connectivity index (χ4n) is 2.83. The van der Waals surface area contributed by atoms with Crippen molar-refractivity contribution in [2.24, 2.45) is 0 Å². The highest BCUT2D eigenvalue weighted by Gasteiger charge is 2.10. The van der Waals surface area contributed by atoms with Crippen LogP contribution in [0, 0.1) is 0 Å². The van der Waals surface area contributed by atoms with Crippen molar-refractivity contribution in [1.82, 2.24) is 4.98 Å². The van der Waals surface area contributed by atoms with Crippen LogP contribution in [0.15, 0.2) is 42.6 Å². The number of nitrogens with one attached hydrogen (secondary N) is 1. The van der Waals surface area contributed by atoms with E-state index >= 15 is 0 Å². The summed E-state index contributed by atoms with van der Waals surface area (Å²) in [6.45, 7) is 5.00. The van der Waals surface area contributed by atoms with Gasteiger partial charge in [-0.2, -0.15) is 0 Å². The van der Waals surface area contributed by atoms with Gasteiger partial charge in [0.25, 0.3) is 0 Å². The summed E-state index contributed by atoms with van der Waals surface area (Å²) >= 11 is 0. The molecule has 0 aliphatic carbocycles. The Morgan fingerprint density at radius 2 is 1.92 bits per heavy atom. The molecule has 0 atom stereocenters. The molecule has 0 unspecified atom stereocenters. The predicted octanol–water partition coefficient (Wildman–Crippen LogP) is 1.96. The third-order valence-corrected chi connectivity index (χ3v) is 4.41. The zero-order valence-corrected chi connectivity index (χ0v) is 14.7. The molecular formula is C19H26N4O2. The topological polar surface area (TPSA) is 60.9 Å². The molecule has 6 heteroatoms. The Hall–Kier alpha value is -2.31. The van der Waals surface area contributed by atoms with E-state index in [1.165, 1.54) is 11.3 Å². The molecule has 1 aromatic heterocycles. The van der Waals surface area contributed by atoms with E-state index in [4.69, 9.17) is 9.84 Å². The maximum Gasteiger partial charge on any atom is 0.126 e. The van der Waals surface area contributed by atoms with Crippen molar-refractivity contribution in [1.29, 1.82) is 0 Å². The highest BCUT2D eigenvalue weighted by Crippen LogP contribution is 2.18. The lowest BCUT2D eigenvalue weighted by molar-refractivity contribution is 0.122. The van der Waals surface area contributed by atoms with E-state index in [1.54, 1.807) is 0 Å². The van der Waals surface area contributed by atoms with Crippen molar-refractivity contribution in [3.8, 4) is 0 Å². The number of pyridine rings is 1. The van der Waals surface area contributed by atoms with E-state index in [0.29, 0.717) is 6.54 Å². The predicted molar refractivity (Wildman–Crippen MR) is 101 cm³/mol. The Labute approximate surface area is 149 Å². The number of likely N-dealkylation sites (N-methyl/N-ethyl adjacent to an activating group) is 1. The molecule has 3 rings (SSSR count). The van der Waals surface area contributed by atoms with Gasteiger partial charge in [0.05, 0.1) is 31.7 Å². The smallest absolute Gasteiger partial charge is 0.126 e. The van der Waals surface area contributed by atoms with Crippen molar-refractivity contribution < 1.29 is 9.84 Å². The number of aromatic nitrogens is 1. The first-order valence-corrected chi connectivity index (χ1v) is 8.70. The molecule has 1 aliphatic heterocycles. The highest BCUT2D eigenvalue weighted by atomic mass is 16.5. The molecule has 1 saturated heterocycles. The number of hydrogen-bond acceptors (Lipinski definition) is 6. The summed E-state index contributed by atoms with van der Waals surface area (Å²) < 4.78 is 5.40. The van der Waals surface area contributed by atoms with Crippen molar-refractivity contribution in [2.45, 2.75) is 6.54 Å². The molecule has 0 radical (unpaired) electrons. The molecule has 1 aliphatic rings. The van der Waals surface area contributed by atoms with Gasteiger partial charge >= 0.3 is 0 Å². The standard InChI is InChI=1S/C19H26N4O2/c1-22(8-11-24)18-6-7-19(21-15-18)20-14-16-2-4-17(5-3-16)23-9-12-25-13-10-23/h2-7,15,24H,8-14H2,1H3,(H,20,21). The Kier molecular flexibility index (Phi) is 6.09. The van der Waals surface area contributed by atoms with Gasteiger partial charge in [-0.3, -0.25) is 0 Å². The molecule has 2 N–H and O–H groups in total. The molecular weight excluding hydrogens is 316 g/mol. The Balaban J connectivity index is 1.52. The summed E-state index contributed by atoms with van der Waals surface area (Å²) in [7, 11) is 1.94. The lowest BCUT2D eigenvalue weighted by atomic mass is 10.2. The number of morpholine rings is 1. The molecule has 2 aromatic rings. The van der Waals surface area contributed by atoms with Crippen molar-refractivity contribution >= 4 is 17.2 Å². The van der Waals surface area contributed by atoms with Gasteiger partial charge < -0.3 is 25.0 Å². The molecule has 0 bridgehead atoms. The summed E-state index contributed by atoms with van der Waals surface area (Å²) in [5.74, 6) is 0.846. The van der Waals surface area contributed by atoms with Crippen LogP contribution in [0.2, 0.25) is 0 Å². The minimum absolute atomic E-state index is 0.136. The van der Waals surface area contributed by atoms with Gasteiger partial charge in [-0.05, 0) is 29.8 Å². The average Bonchev–Trinajstić information content (AvgIpc) is 2.68. The van der Waals surface area contributed by atoms with Gasteiger partial charge in [-0.15, -0.1) is 0 Å². The number of aliphatic hydroxyl groups is 1. The number of benzene rings is 1.